The number of benzene rings is 2. The molecule has 3 aromatic rings. The summed E-state index contributed by atoms with van der Waals surface area (Å²) in [5, 5.41) is 27.3. The van der Waals surface area contributed by atoms with Crippen molar-refractivity contribution in [2.45, 2.75) is 6.54 Å². The van der Waals surface area contributed by atoms with Gasteiger partial charge in [0.05, 0.1) is 34.6 Å². The molecular formula is C17H13N5O2. The molecule has 0 spiro atoms. The molecule has 0 bridgehead atoms. The third kappa shape index (κ3) is 3.39. The Morgan fingerprint density at radius 2 is 2.04 bits per heavy atom. The molecular weight excluding hydrogens is 306 g/mol. The van der Waals surface area contributed by atoms with Crippen LogP contribution in [-0.4, -0.2) is 14.7 Å². The Hall–Kier alpha value is -3.66. The highest BCUT2D eigenvalue weighted by atomic mass is 16.6. The Balaban J connectivity index is 1.78. The summed E-state index contributed by atoms with van der Waals surface area (Å²) in [6.45, 7) is 0.633. The van der Waals surface area contributed by atoms with E-state index in [-0.39, 0.29) is 11.3 Å². The highest BCUT2D eigenvalue weighted by Gasteiger charge is 2.11. The molecule has 0 fully saturated rings. The molecule has 0 aliphatic rings. The van der Waals surface area contributed by atoms with Crippen LogP contribution in [0.2, 0.25) is 0 Å². The third-order valence-corrected chi connectivity index (χ3v) is 3.43. The molecule has 1 heterocycles. The largest absolute Gasteiger partial charge is 0.352 e. The lowest BCUT2D eigenvalue weighted by Crippen LogP contribution is -1.99. The fourth-order valence-corrected chi connectivity index (χ4v) is 2.29. The van der Waals surface area contributed by atoms with Gasteiger partial charge >= 0.3 is 0 Å². The molecule has 0 aliphatic heterocycles. The minimum absolute atomic E-state index is 0.114. The van der Waals surface area contributed by atoms with Gasteiger partial charge in [0.2, 0.25) is 0 Å². The zero-order chi connectivity index (χ0) is 16.9. The van der Waals surface area contributed by atoms with Crippen molar-refractivity contribution in [1.82, 2.24) is 9.78 Å². The van der Waals surface area contributed by atoms with Crippen LogP contribution in [0.15, 0.2) is 60.9 Å². The second kappa shape index (κ2) is 6.62. The SMILES string of the molecule is N#Cc1cc([N+](=O)[O-])ccc1Nc1cnn(Cc2ccccc2)c1. The van der Waals surface area contributed by atoms with Gasteiger partial charge in [-0.15, -0.1) is 0 Å². The lowest BCUT2D eigenvalue weighted by molar-refractivity contribution is -0.384. The Labute approximate surface area is 137 Å². The molecule has 0 saturated carbocycles. The summed E-state index contributed by atoms with van der Waals surface area (Å²) < 4.78 is 1.77. The summed E-state index contributed by atoms with van der Waals surface area (Å²) in [4.78, 5) is 10.3. The monoisotopic (exact) mass is 319 g/mol. The lowest BCUT2D eigenvalue weighted by Gasteiger charge is -2.05. The van der Waals surface area contributed by atoms with Crippen molar-refractivity contribution >= 4 is 17.1 Å². The van der Waals surface area contributed by atoms with Crippen molar-refractivity contribution in [3.05, 3.63) is 82.2 Å². The number of non-ortho nitro benzene ring substituents is 1. The quantitative estimate of drug-likeness (QED) is 0.574. The van der Waals surface area contributed by atoms with Crippen molar-refractivity contribution in [2.24, 2.45) is 0 Å². The second-order valence-electron chi connectivity index (χ2n) is 5.14. The van der Waals surface area contributed by atoms with Crippen molar-refractivity contribution < 1.29 is 4.92 Å². The molecule has 0 unspecified atom stereocenters. The average molecular weight is 319 g/mol. The van der Waals surface area contributed by atoms with E-state index >= 15 is 0 Å². The zero-order valence-electron chi connectivity index (χ0n) is 12.6. The second-order valence-corrected chi connectivity index (χ2v) is 5.14. The van der Waals surface area contributed by atoms with Gasteiger partial charge in [-0.25, -0.2) is 0 Å². The number of nitrogens with one attached hydrogen (secondary N) is 1. The predicted molar refractivity (Wildman–Crippen MR) is 88.9 cm³/mol. The summed E-state index contributed by atoms with van der Waals surface area (Å²) in [7, 11) is 0. The number of nitriles is 1. The van der Waals surface area contributed by atoms with Crippen LogP contribution in [0.5, 0.6) is 0 Å². The fourth-order valence-electron chi connectivity index (χ4n) is 2.29. The van der Waals surface area contributed by atoms with Gasteiger partial charge in [-0.3, -0.25) is 14.8 Å². The van der Waals surface area contributed by atoms with Gasteiger partial charge in [0.15, 0.2) is 0 Å². The van der Waals surface area contributed by atoms with Gasteiger partial charge in [0.1, 0.15) is 6.07 Å². The van der Waals surface area contributed by atoms with Crippen LogP contribution >= 0.6 is 0 Å². The first-order valence-electron chi connectivity index (χ1n) is 7.17. The van der Waals surface area contributed by atoms with Crippen LogP contribution in [0.3, 0.4) is 0 Å². The van der Waals surface area contributed by atoms with Gasteiger partial charge in [0.25, 0.3) is 5.69 Å². The van der Waals surface area contributed by atoms with E-state index in [1.54, 1.807) is 10.9 Å². The van der Waals surface area contributed by atoms with Crippen LogP contribution in [0.25, 0.3) is 0 Å². The topological polar surface area (TPSA) is 96.8 Å². The zero-order valence-corrected chi connectivity index (χ0v) is 12.6. The van der Waals surface area contributed by atoms with Crippen molar-refractivity contribution in [3.63, 3.8) is 0 Å². The minimum atomic E-state index is -0.525. The van der Waals surface area contributed by atoms with E-state index in [1.807, 2.05) is 42.6 Å². The number of aromatic nitrogens is 2. The van der Waals surface area contributed by atoms with Crippen LogP contribution in [0, 0.1) is 21.4 Å². The van der Waals surface area contributed by atoms with Crippen LogP contribution in [0.4, 0.5) is 17.1 Å². The molecule has 7 nitrogen and oxygen atoms in total. The molecule has 1 N–H and O–H groups in total. The highest BCUT2D eigenvalue weighted by molar-refractivity contribution is 5.67. The Morgan fingerprint density at radius 3 is 2.75 bits per heavy atom. The summed E-state index contributed by atoms with van der Waals surface area (Å²) in [6.07, 6.45) is 3.46. The molecule has 3 rings (SSSR count). The van der Waals surface area contributed by atoms with E-state index in [0.717, 1.165) is 5.56 Å². The third-order valence-electron chi connectivity index (χ3n) is 3.43. The summed E-state index contributed by atoms with van der Waals surface area (Å²) in [6, 6.07) is 16.0. The number of hydrogen-bond donors (Lipinski definition) is 1. The maximum Gasteiger partial charge on any atom is 0.270 e. The molecule has 0 saturated heterocycles. The molecule has 2 aromatic carbocycles. The van der Waals surface area contributed by atoms with Crippen LogP contribution < -0.4 is 5.32 Å². The van der Waals surface area contributed by atoms with Crippen molar-refractivity contribution in [1.29, 1.82) is 5.26 Å². The molecule has 24 heavy (non-hydrogen) atoms. The number of rotatable bonds is 5. The maximum atomic E-state index is 10.8. The highest BCUT2D eigenvalue weighted by Crippen LogP contribution is 2.24. The van der Waals surface area contributed by atoms with E-state index in [4.69, 9.17) is 5.26 Å². The first-order valence-corrected chi connectivity index (χ1v) is 7.17. The van der Waals surface area contributed by atoms with E-state index in [9.17, 15) is 10.1 Å². The summed E-state index contributed by atoms with van der Waals surface area (Å²) in [5.74, 6) is 0. The predicted octanol–water partition coefficient (Wildman–Crippen LogP) is 3.45. The van der Waals surface area contributed by atoms with Gasteiger partial charge in [-0.05, 0) is 11.6 Å². The van der Waals surface area contributed by atoms with Crippen molar-refractivity contribution in [3.8, 4) is 6.07 Å². The van der Waals surface area contributed by atoms with Crippen molar-refractivity contribution in [2.75, 3.05) is 5.32 Å². The average Bonchev–Trinajstić information content (AvgIpc) is 3.03. The maximum absolute atomic E-state index is 10.8. The van der Waals surface area contributed by atoms with Gasteiger partial charge < -0.3 is 5.32 Å². The lowest BCUT2D eigenvalue weighted by atomic mass is 10.1. The first kappa shape index (κ1) is 15.2. The molecule has 118 valence electrons. The number of nitro benzene ring substituents is 1. The Kier molecular flexibility index (Phi) is 4.21. The minimum Gasteiger partial charge on any atom is -0.352 e. The molecule has 0 radical (unpaired) electrons. The first-order chi connectivity index (χ1) is 11.7. The molecule has 1 aromatic heterocycles. The van der Waals surface area contributed by atoms with Gasteiger partial charge in [0, 0.05) is 18.3 Å². The summed E-state index contributed by atoms with van der Waals surface area (Å²) >= 11 is 0. The fraction of sp³-hybridized carbons (Fsp3) is 0.0588. The Bertz CT molecular complexity index is 912. The molecule has 7 heteroatoms. The van der Waals surface area contributed by atoms with Crippen LogP contribution in [-0.2, 0) is 6.54 Å². The van der Waals surface area contributed by atoms with Gasteiger partial charge in [-0.2, -0.15) is 10.4 Å². The van der Waals surface area contributed by atoms with E-state index in [1.165, 1.54) is 18.2 Å². The normalized spacial score (nSPS) is 10.1. The molecule has 0 aliphatic carbocycles. The molecule has 0 atom stereocenters. The van der Waals surface area contributed by atoms with E-state index < -0.39 is 4.92 Å². The van der Waals surface area contributed by atoms with Crippen LogP contribution in [0.1, 0.15) is 11.1 Å². The molecule has 0 amide bonds. The number of hydrogen-bond acceptors (Lipinski definition) is 5. The number of nitrogens with zero attached hydrogens (tertiary/aromatic N) is 4. The van der Waals surface area contributed by atoms with E-state index in [0.29, 0.717) is 17.9 Å². The summed E-state index contributed by atoms with van der Waals surface area (Å²) in [5.41, 5.74) is 2.43. The Morgan fingerprint density at radius 1 is 1.25 bits per heavy atom. The van der Waals surface area contributed by atoms with E-state index in [2.05, 4.69) is 10.4 Å². The number of nitro groups is 1. The smallest absolute Gasteiger partial charge is 0.270 e. The number of anilines is 2. The van der Waals surface area contributed by atoms with Gasteiger partial charge in [-0.1, -0.05) is 30.3 Å². The standard InChI is InChI=1S/C17H13N5O2/c18-9-14-8-16(22(23)24)6-7-17(14)20-15-10-19-21(12-15)11-13-4-2-1-3-5-13/h1-8,10,12,20H,11H2.